The SMILES string of the molecule is Cn1nnc(CNCc2nccn2C)n1. The van der Waals surface area contributed by atoms with Crippen LogP contribution in [0.3, 0.4) is 0 Å². The Morgan fingerprint density at radius 3 is 2.80 bits per heavy atom. The Labute approximate surface area is 87.1 Å². The fourth-order valence-corrected chi connectivity index (χ4v) is 1.25. The van der Waals surface area contributed by atoms with Crippen LogP contribution in [-0.4, -0.2) is 29.8 Å². The van der Waals surface area contributed by atoms with E-state index in [1.54, 1.807) is 13.2 Å². The van der Waals surface area contributed by atoms with E-state index in [-0.39, 0.29) is 0 Å². The van der Waals surface area contributed by atoms with Gasteiger partial charge in [-0.3, -0.25) is 0 Å². The Morgan fingerprint density at radius 1 is 1.33 bits per heavy atom. The van der Waals surface area contributed by atoms with E-state index in [4.69, 9.17) is 0 Å². The van der Waals surface area contributed by atoms with Crippen molar-refractivity contribution in [1.82, 2.24) is 35.1 Å². The lowest BCUT2D eigenvalue weighted by atomic mass is 10.5. The molecular formula is C8H13N7. The van der Waals surface area contributed by atoms with Gasteiger partial charge < -0.3 is 9.88 Å². The Bertz CT molecular complexity index is 430. The summed E-state index contributed by atoms with van der Waals surface area (Å²) in [5.74, 6) is 1.67. The number of hydrogen-bond donors (Lipinski definition) is 1. The van der Waals surface area contributed by atoms with Crippen LogP contribution in [0.5, 0.6) is 0 Å². The molecule has 0 aliphatic heterocycles. The number of aryl methyl sites for hydroxylation is 2. The third kappa shape index (κ3) is 2.38. The molecule has 2 rings (SSSR count). The Balaban J connectivity index is 1.83. The summed E-state index contributed by atoms with van der Waals surface area (Å²) in [5, 5.41) is 14.9. The van der Waals surface area contributed by atoms with Gasteiger partial charge in [0.25, 0.3) is 0 Å². The molecule has 2 aromatic rings. The van der Waals surface area contributed by atoms with Crippen molar-refractivity contribution in [2.24, 2.45) is 14.1 Å². The monoisotopic (exact) mass is 207 g/mol. The first-order valence-corrected chi connectivity index (χ1v) is 4.65. The number of hydrogen-bond acceptors (Lipinski definition) is 5. The molecule has 0 aromatic carbocycles. The van der Waals surface area contributed by atoms with E-state index >= 15 is 0 Å². The van der Waals surface area contributed by atoms with Gasteiger partial charge in [0.15, 0.2) is 5.82 Å². The highest BCUT2D eigenvalue weighted by Crippen LogP contribution is 1.93. The molecule has 0 saturated carbocycles. The first-order valence-electron chi connectivity index (χ1n) is 4.65. The van der Waals surface area contributed by atoms with Gasteiger partial charge in [0.1, 0.15) is 5.82 Å². The van der Waals surface area contributed by atoms with Gasteiger partial charge in [-0.25, -0.2) is 4.98 Å². The van der Waals surface area contributed by atoms with Crippen LogP contribution in [-0.2, 0) is 27.2 Å². The van der Waals surface area contributed by atoms with Crippen LogP contribution >= 0.6 is 0 Å². The van der Waals surface area contributed by atoms with E-state index < -0.39 is 0 Å². The lowest BCUT2D eigenvalue weighted by Gasteiger charge is -2.01. The van der Waals surface area contributed by atoms with Gasteiger partial charge >= 0.3 is 0 Å². The summed E-state index contributed by atoms with van der Waals surface area (Å²) in [6.07, 6.45) is 3.69. The minimum Gasteiger partial charge on any atom is -0.337 e. The van der Waals surface area contributed by atoms with E-state index in [2.05, 4.69) is 25.7 Å². The highest BCUT2D eigenvalue weighted by atomic mass is 15.6. The molecule has 0 aliphatic rings. The van der Waals surface area contributed by atoms with Gasteiger partial charge in [-0.15, -0.1) is 10.2 Å². The molecule has 7 nitrogen and oxygen atoms in total. The van der Waals surface area contributed by atoms with Crippen LogP contribution in [0.1, 0.15) is 11.6 Å². The molecule has 0 amide bonds. The van der Waals surface area contributed by atoms with Gasteiger partial charge in [0.05, 0.1) is 20.1 Å². The fraction of sp³-hybridized carbons (Fsp3) is 0.500. The second kappa shape index (κ2) is 4.18. The summed E-state index contributed by atoms with van der Waals surface area (Å²) in [6.45, 7) is 1.29. The van der Waals surface area contributed by atoms with Gasteiger partial charge in [-0.2, -0.15) is 4.80 Å². The second-order valence-electron chi connectivity index (χ2n) is 3.25. The average Bonchev–Trinajstić information content (AvgIpc) is 2.77. The summed E-state index contributed by atoms with van der Waals surface area (Å²) < 4.78 is 1.97. The zero-order valence-electron chi connectivity index (χ0n) is 8.75. The van der Waals surface area contributed by atoms with Crippen molar-refractivity contribution in [2.45, 2.75) is 13.1 Å². The standard InChI is InChI=1S/C8H13N7/c1-14-4-3-10-8(14)6-9-5-7-11-13-15(2)12-7/h3-4,9H,5-6H2,1-2H3. The van der Waals surface area contributed by atoms with E-state index in [1.165, 1.54) is 4.80 Å². The molecule has 7 heteroatoms. The zero-order chi connectivity index (χ0) is 10.7. The smallest absolute Gasteiger partial charge is 0.188 e. The molecule has 0 aliphatic carbocycles. The number of imidazole rings is 1. The number of rotatable bonds is 4. The van der Waals surface area contributed by atoms with Gasteiger partial charge in [-0.1, -0.05) is 0 Å². The minimum atomic E-state index is 0.598. The van der Waals surface area contributed by atoms with Gasteiger partial charge in [0, 0.05) is 19.4 Å². The molecule has 80 valence electrons. The fourth-order valence-electron chi connectivity index (χ4n) is 1.25. The summed E-state index contributed by atoms with van der Waals surface area (Å²) in [6, 6.07) is 0. The number of tetrazole rings is 1. The molecule has 0 radical (unpaired) electrons. The Morgan fingerprint density at radius 2 is 2.20 bits per heavy atom. The lowest BCUT2D eigenvalue weighted by molar-refractivity contribution is 0.606. The van der Waals surface area contributed by atoms with Crippen molar-refractivity contribution in [3.05, 3.63) is 24.0 Å². The molecule has 15 heavy (non-hydrogen) atoms. The lowest BCUT2D eigenvalue weighted by Crippen LogP contribution is -2.16. The summed E-state index contributed by atoms with van der Waals surface area (Å²) in [4.78, 5) is 5.63. The van der Waals surface area contributed by atoms with Crippen LogP contribution in [0.4, 0.5) is 0 Å². The maximum atomic E-state index is 4.19. The molecular weight excluding hydrogens is 194 g/mol. The first kappa shape index (κ1) is 9.78. The number of aromatic nitrogens is 6. The molecule has 0 spiro atoms. The average molecular weight is 207 g/mol. The third-order valence-corrected chi connectivity index (χ3v) is 2.04. The predicted octanol–water partition coefficient (Wildman–Crippen LogP) is -0.767. The number of nitrogens with one attached hydrogen (secondary N) is 1. The molecule has 0 fully saturated rings. The summed E-state index contributed by atoms with van der Waals surface area (Å²) in [7, 11) is 3.71. The van der Waals surface area contributed by atoms with Crippen LogP contribution in [0, 0.1) is 0 Å². The van der Waals surface area contributed by atoms with E-state index in [1.807, 2.05) is 17.8 Å². The molecule has 0 saturated heterocycles. The Kier molecular flexibility index (Phi) is 2.72. The third-order valence-electron chi connectivity index (χ3n) is 2.04. The zero-order valence-corrected chi connectivity index (χ0v) is 8.75. The van der Waals surface area contributed by atoms with E-state index in [0.29, 0.717) is 18.9 Å². The molecule has 2 heterocycles. The van der Waals surface area contributed by atoms with Crippen LogP contribution < -0.4 is 5.32 Å². The molecule has 1 N–H and O–H groups in total. The topological polar surface area (TPSA) is 73.5 Å². The van der Waals surface area contributed by atoms with Crippen LogP contribution in [0.15, 0.2) is 12.4 Å². The highest BCUT2D eigenvalue weighted by molar-refractivity contribution is 4.90. The maximum absolute atomic E-state index is 4.19. The van der Waals surface area contributed by atoms with Crippen molar-refractivity contribution < 1.29 is 0 Å². The highest BCUT2D eigenvalue weighted by Gasteiger charge is 2.01. The molecule has 0 atom stereocenters. The molecule has 0 unspecified atom stereocenters. The quantitative estimate of drug-likeness (QED) is 0.713. The van der Waals surface area contributed by atoms with E-state index in [9.17, 15) is 0 Å². The van der Waals surface area contributed by atoms with Gasteiger partial charge in [0.2, 0.25) is 0 Å². The van der Waals surface area contributed by atoms with E-state index in [0.717, 1.165) is 5.82 Å². The molecule has 2 aromatic heterocycles. The van der Waals surface area contributed by atoms with Gasteiger partial charge in [-0.05, 0) is 5.21 Å². The van der Waals surface area contributed by atoms with Crippen LogP contribution in [0.25, 0.3) is 0 Å². The van der Waals surface area contributed by atoms with Crippen molar-refractivity contribution in [2.75, 3.05) is 0 Å². The predicted molar refractivity (Wildman–Crippen MR) is 52.5 cm³/mol. The normalized spacial score (nSPS) is 10.8. The first-order chi connectivity index (χ1) is 7.25. The largest absolute Gasteiger partial charge is 0.337 e. The van der Waals surface area contributed by atoms with Crippen LogP contribution in [0.2, 0.25) is 0 Å². The summed E-state index contributed by atoms with van der Waals surface area (Å²) in [5.41, 5.74) is 0. The second-order valence-corrected chi connectivity index (χ2v) is 3.25. The van der Waals surface area contributed by atoms with Crippen molar-refractivity contribution >= 4 is 0 Å². The minimum absolute atomic E-state index is 0.598. The van der Waals surface area contributed by atoms with Crippen molar-refractivity contribution in [3.63, 3.8) is 0 Å². The Hall–Kier alpha value is -1.76. The maximum Gasteiger partial charge on any atom is 0.188 e. The molecule has 0 bridgehead atoms. The number of nitrogens with zero attached hydrogens (tertiary/aromatic N) is 6. The van der Waals surface area contributed by atoms with Crippen molar-refractivity contribution in [1.29, 1.82) is 0 Å². The van der Waals surface area contributed by atoms with Crippen molar-refractivity contribution in [3.8, 4) is 0 Å². The summed E-state index contributed by atoms with van der Waals surface area (Å²) >= 11 is 0.